The minimum absolute atomic E-state index is 0.802. The summed E-state index contributed by atoms with van der Waals surface area (Å²) in [5.74, 6) is -0.881. The SMILES string of the molecule is O=C(O)/C=C1/C=C(c2cccnc2)CC1. The molecule has 1 aliphatic rings. The Morgan fingerprint density at radius 3 is 3.00 bits per heavy atom. The van der Waals surface area contributed by atoms with Gasteiger partial charge in [0.1, 0.15) is 0 Å². The lowest BCUT2D eigenvalue weighted by atomic mass is 10.1. The van der Waals surface area contributed by atoms with Gasteiger partial charge in [0.25, 0.3) is 0 Å². The fourth-order valence-corrected chi connectivity index (χ4v) is 1.70. The highest BCUT2D eigenvalue weighted by atomic mass is 16.4. The Morgan fingerprint density at radius 2 is 2.33 bits per heavy atom. The van der Waals surface area contributed by atoms with Crippen LogP contribution in [0.15, 0.2) is 42.3 Å². The smallest absolute Gasteiger partial charge is 0.328 e. The predicted molar refractivity (Wildman–Crippen MR) is 57.2 cm³/mol. The molecule has 0 fully saturated rings. The lowest BCUT2D eigenvalue weighted by Gasteiger charge is -1.98. The molecular weight excluding hydrogens is 190 g/mol. The average Bonchev–Trinajstić information content (AvgIpc) is 2.67. The second kappa shape index (κ2) is 4.09. The third kappa shape index (κ3) is 2.31. The van der Waals surface area contributed by atoms with Crippen LogP contribution in [0, 0.1) is 0 Å². The van der Waals surface area contributed by atoms with Crippen molar-refractivity contribution in [2.75, 3.05) is 0 Å². The fraction of sp³-hybridized carbons (Fsp3) is 0.167. The molecule has 0 amide bonds. The first-order valence-electron chi connectivity index (χ1n) is 4.80. The first-order valence-corrected chi connectivity index (χ1v) is 4.80. The number of aromatic nitrogens is 1. The standard InChI is InChI=1S/C12H11NO2/c14-12(15)7-9-3-4-10(6-9)11-2-1-5-13-8-11/h1-2,5-8H,3-4H2,(H,14,15)/b9-7+. The van der Waals surface area contributed by atoms with E-state index >= 15 is 0 Å². The van der Waals surface area contributed by atoms with Gasteiger partial charge in [-0.05, 0) is 35.6 Å². The molecule has 0 atom stereocenters. The fourth-order valence-electron chi connectivity index (χ4n) is 1.70. The van der Waals surface area contributed by atoms with Crippen molar-refractivity contribution in [1.82, 2.24) is 4.98 Å². The van der Waals surface area contributed by atoms with E-state index in [4.69, 9.17) is 5.11 Å². The summed E-state index contributed by atoms with van der Waals surface area (Å²) in [6.45, 7) is 0. The lowest BCUT2D eigenvalue weighted by molar-refractivity contribution is -0.131. The summed E-state index contributed by atoms with van der Waals surface area (Å²) in [6.07, 6.45) is 8.43. The van der Waals surface area contributed by atoms with E-state index in [1.54, 1.807) is 12.4 Å². The number of carboxylic acid groups (broad SMARTS) is 1. The summed E-state index contributed by atoms with van der Waals surface area (Å²) in [5.41, 5.74) is 3.11. The normalized spacial score (nSPS) is 17.9. The molecule has 1 N–H and O–H groups in total. The van der Waals surface area contributed by atoms with Gasteiger partial charge in [-0.2, -0.15) is 0 Å². The highest BCUT2D eigenvalue weighted by Crippen LogP contribution is 2.30. The van der Waals surface area contributed by atoms with Gasteiger partial charge in [0.2, 0.25) is 0 Å². The molecule has 3 nitrogen and oxygen atoms in total. The maximum Gasteiger partial charge on any atom is 0.328 e. The molecule has 2 rings (SSSR count). The molecule has 1 heterocycles. The van der Waals surface area contributed by atoms with Crippen LogP contribution in [0.2, 0.25) is 0 Å². The van der Waals surface area contributed by atoms with Crippen LogP contribution < -0.4 is 0 Å². The van der Waals surface area contributed by atoms with E-state index in [0.717, 1.165) is 29.6 Å². The number of pyridine rings is 1. The molecule has 0 saturated heterocycles. The summed E-state index contributed by atoms with van der Waals surface area (Å²) in [7, 11) is 0. The highest BCUT2D eigenvalue weighted by molar-refractivity contribution is 5.83. The van der Waals surface area contributed by atoms with E-state index in [-0.39, 0.29) is 0 Å². The van der Waals surface area contributed by atoms with Gasteiger partial charge >= 0.3 is 5.97 Å². The quantitative estimate of drug-likeness (QED) is 0.747. The molecule has 0 aromatic carbocycles. The van der Waals surface area contributed by atoms with Gasteiger partial charge in [-0.15, -0.1) is 0 Å². The van der Waals surface area contributed by atoms with Gasteiger partial charge in [0, 0.05) is 18.5 Å². The third-order valence-corrected chi connectivity index (χ3v) is 2.38. The molecule has 3 heteroatoms. The van der Waals surface area contributed by atoms with Crippen LogP contribution in [-0.4, -0.2) is 16.1 Å². The maximum absolute atomic E-state index is 10.5. The van der Waals surface area contributed by atoms with E-state index in [1.165, 1.54) is 6.08 Å². The van der Waals surface area contributed by atoms with Crippen molar-refractivity contribution >= 4 is 11.5 Å². The number of rotatable bonds is 2. The number of hydrogen-bond acceptors (Lipinski definition) is 2. The summed E-state index contributed by atoms with van der Waals surface area (Å²) >= 11 is 0. The number of nitrogens with zero attached hydrogens (tertiary/aromatic N) is 1. The largest absolute Gasteiger partial charge is 0.478 e. The minimum Gasteiger partial charge on any atom is -0.478 e. The molecule has 1 aliphatic carbocycles. The van der Waals surface area contributed by atoms with Gasteiger partial charge in [0.15, 0.2) is 0 Å². The zero-order valence-electron chi connectivity index (χ0n) is 8.18. The van der Waals surface area contributed by atoms with Gasteiger partial charge in [-0.25, -0.2) is 4.79 Å². The van der Waals surface area contributed by atoms with E-state index in [1.807, 2.05) is 18.2 Å². The second-order valence-electron chi connectivity index (χ2n) is 3.47. The van der Waals surface area contributed by atoms with E-state index in [2.05, 4.69) is 4.98 Å². The zero-order chi connectivity index (χ0) is 10.7. The first-order chi connectivity index (χ1) is 7.25. The van der Waals surface area contributed by atoms with Crippen molar-refractivity contribution in [1.29, 1.82) is 0 Å². The summed E-state index contributed by atoms with van der Waals surface area (Å²) in [6, 6.07) is 3.87. The van der Waals surface area contributed by atoms with Crippen molar-refractivity contribution in [3.05, 3.63) is 47.8 Å². The van der Waals surface area contributed by atoms with Crippen LogP contribution >= 0.6 is 0 Å². The van der Waals surface area contributed by atoms with Crippen molar-refractivity contribution in [2.24, 2.45) is 0 Å². The van der Waals surface area contributed by atoms with E-state index < -0.39 is 5.97 Å². The van der Waals surface area contributed by atoms with Crippen molar-refractivity contribution in [3.8, 4) is 0 Å². The van der Waals surface area contributed by atoms with E-state index in [9.17, 15) is 4.79 Å². The molecule has 0 radical (unpaired) electrons. The molecule has 0 aliphatic heterocycles. The molecular formula is C12H11NO2. The first kappa shape index (κ1) is 9.65. The summed E-state index contributed by atoms with van der Waals surface area (Å²) in [5, 5.41) is 8.61. The van der Waals surface area contributed by atoms with Gasteiger partial charge in [-0.1, -0.05) is 12.1 Å². The predicted octanol–water partition coefficient (Wildman–Crippen LogP) is 2.27. The Kier molecular flexibility index (Phi) is 2.63. The second-order valence-corrected chi connectivity index (χ2v) is 3.47. The molecule has 76 valence electrons. The van der Waals surface area contributed by atoms with Crippen molar-refractivity contribution in [2.45, 2.75) is 12.8 Å². The molecule has 0 spiro atoms. The summed E-state index contributed by atoms with van der Waals surface area (Å²) in [4.78, 5) is 14.5. The van der Waals surface area contributed by atoms with Crippen molar-refractivity contribution in [3.63, 3.8) is 0 Å². The molecule has 1 aromatic rings. The highest BCUT2D eigenvalue weighted by Gasteiger charge is 2.11. The van der Waals surface area contributed by atoms with E-state index in [0.29, 0.717) is 0 Å². The third-order valence-electron chi connectivity index (χ3n) is 2.38. The van der Waals surface area contributed by atoms with Crippen LogP contribution in [0.25, 0.3) is 5.57 Å². The number of carbonyl (C=O) groups is 1. The Morgan fingerprint density at radius 1 is 1.47 bits per heavy atom. The Bertz CT molecular complexity index is 432. The number of aliphatic carboxylic acids is 1. The van der Waals surface area contributed by atoms with Gasteiger partial charge < -0.3 is 5.11 Å². The molecule has 1 aromatic heterocycles. The van der Waals surface area contributed by atoms with Crippen LogP contribution in [0.4, 0.5) is 0 Å². The maximum atomic E-state index is 10.5. The van der Waals surface area contributed by atoms with Gasteiger partial charge in [-0.3, -0.25) is 4.98 Å². The van der Waals surface area contributed by atoms with Crippen LogP contribution in [-0.2, 0) is 4.79 Å². The zero-order valence-corrected chi connectivity index (χ0v) is 8.18. The molecule has 0 bridgehead atoms. The van der Waals surface area contributed by atoms with Crippen LogP contribution in [0.1, 0.15) is 18.4 Å². The number of allylic oxidation sites excluding steroid dienone is 3. The Hall–Kier alpha value is -1.90. The lowest BCUT2D eigenvalue weighted by Crippen LogP contribution is -1.88. The number of hydrogen-bond donors (Lipinski definition) is 1. The summed E-state index contributed by atoms with van der Waals surface area (Å²) < 4.78 is 0. The Labute approximate surface area is 87.8 Å². The Balaban J connectivity index is 2.24. The minimum atomic E-state index is -0.881. The van der Waals surface area contributed by atoms with Crippen molar-refractivity contribution < 1.29 is 9.90 Å². The van der Waals surface area contributed by atoms with Crippen LogP contribution in [0.5, 0.6) is 0 Å². The van der Waals surface area contributed by atoms with Crippen LogP contribution in [0.3, 0.4) is 0 Å². The van der Waals surface area contributed by atoms with Gasteiger partial charge in [0.05, 0.1) is 0 Å². The monoisotopic (exact) mass is 201 g/mol. The number of carboxylic acids is 1. The topological polar surface area (TPSA) is 50.2 Å². The molecule has 15 heavy (non-hydrogen) atoms. The molecule has 0 unspecified atom stereocenters. The molecule has 0 saturated carbocycles. The average molecular weight is 201 g/mol.